The monoisotopic (exact) mass is 259 g/mol. The van der Waals surface area contributed by atoms with Gasteiger partial charge in [-0.15, -0.1) is 0 Å². The minimum absolute atomic E-state index is 0.0899. The molecule has 0 aromatic carbocycles. The molecule has 2 fully saturated rings. The van der Waals surface area contributed by atoms with Gasteiger partial charge < -0.3 is 21.1 Å². The van der Waals surface area contributed by atoms with Gasteiger partial charge in [0.15, 0.2) is 6.17 Å². The lowest BCUT2D eigenvalue weighted by Gasteiger charge is -2.47. The van der Waals surface area contributed by atoms with Crippen LogP contribution in [0.1, 0.15) is 19.3 Å². The van der Waals surface area contributed by atoms with Crippen LogP contribution in [0.5, 0.6) is 0 Å². The summed E-state index contributed by atoms with van der Waals surface area (Å²) in [5, 5.41) is 13.3. The highest BCUT2D eigenvalue weighted by Gasteiger charge is 2.43. The number of nitrogens with two attached hydrogens (primary N) is 1. The van der Waals surface area contributed by atoms with Gasteiger partial charge in [-0.3, -0.25) is 4.79 Å². The largest absolute Gasteiger partial charge is 0.387 e. The van der Waals surface area contributed by atoms with Gasteiger partial charge in [-0.1, -0.05) is 0 Å². The van der Waals surface area contributed by atoms with Crippen LogP contribution in [0.3, 0.4) is 0 Å². The quantitative estimate of drug-likeness (QED) is 0.620. The number of hydrogen-bond acceptors (Lipinski definition) is 4. The van der Waals surface area contributed by atoms with Crippen molar-refractivity contribution in [2.75, 3.05) is 32.7 Å². The van der Waals surface area contributed by atoms with E-state index in [0.29, 0.717) is 26.2 Å². The summed E-state index contributed by atoms with van der Waals surface area (Å²) in [5.74, 6) is -0.229. The molecule has 0 bridgehead atoms. The molecule has 18 heavy (non-hydrogen) atoms. The zero-order valence-corrected chi connectivity index (χ0v) is 10.6. The molecule has 0 radical (unpaired) electrons. The second-order valence-corrected chi connectivity index (χ2v) is 5.35. The normalized spacial score (nSPS) is 25.6. The van der Waals surface area contributed by atoms with E-state index >= 15 is 0 Å². The van der Waals surface area contributed by atoms with E-state index in [4.69, 9.17) is 5.73 Å². The van der Waals surface area contributed by atoms with Crippen molar-refractivity contribution in [3.8, 4) is 0 Å². The lowest BCUT2D eigenvalue weighted by Crippen LogP contribution is -2.65. The number of rotatable bonds is 4. The maximum Gasteiger partial charge on any atom is 0.257 e. The summed E-state index contributed by atoms with van der Waals surface area (Å²) in [5.41, 5.74) is 4.64. The number of nitrogens with one attached hydrogen (secondary N) is 1. The first-order chi connectivity index (χ1) is 8.57. The van der Waals surface area contributed by atoms with Crippen LogP contribution in [0.2, 0.25) is 0 Å². The Morgan fingerprint density at radius 3 is 2.56 bits per heavy atom. The number of halogens is 1. The van der Waals surface area contributed by atoms with Gasteiger partial charge in [0, 0.05) is 26.2 Å². The molecule has 1 unspecified atom stereocenters. The number of hydrogen-bond donors (Lipinski definition) is 3. The smallest absolute Gasteiger partial charge is 0.257 e. The van der Waals surface area contributed by atoms with Crippen LogP contribution in [0.4, 0.5) is 4.39 Å². The number of piperidine rings is 1. The summed E-state index contributed by atoms with van der Waals surface area (Å²) in [6.07, 6.45) is 0.116. The molecule has 0 aromatic rings. The first-order valence-corrected chi connectivity index (χ1v) is 6.63. The predicted molar refractivity (Wildman–Crippen MR) is 65.7 cm³/mol. The molecule has 2 heterocycles. The van der Waals surface area contributed by atoms with Gasteiger partial charge in [-0.2, -0.15) is 0 Å². The van der Waals surface area contributed by atoms with E-state index in [9.17, 15) is 14.3 Å². The fourth-order valence-corrected chi connectivity index (χ4v) is 2.77. The SMILES string of the molecule is NCCC(F)C(=O)N1CCC(C2(O)CNC2)CC1. The molecule has 6 heteroatoms. The van der Waals surface area contributed by atoms with Crippen LogP contribution in [-0.2, 0) is 4.79 Å². The zero-order valence-electron chi connectivity index (χ0n) is 10.6. The number of aliphatic hydroxyl groups is 1. The van der Waals surface area contributed by atoms with Crippen molar-refractivity contribution in [2.24, 2.45) is 11.7 Å². The maximum absolute atomic E-state index is 13.5. The molecule has 2 rings (SSSR count). The number of β-amino-alcohol motifs (C(OH)–C–C–N with tert-alkyl or cyclic N) is 1. The Morgan fingerprint density at radius 2 is 2.11 bits per heavy atom. The van der Waals surface area contributed by atoms with Crippen LogP contribution in [0.15, 0.2) is 0 Å². The Morgan fingerprint density at radius 1 is 1.50 bits per heavy atom. The second kappa shape index (κ2) is 5.50. The maximum atomic E-state index is 13.5. The van der Waals surface area contributed by atoms with E-state index in [2.05, 4.69) is 5.32 Å². The Bertz CT molecular complexity index is 302. The van der Waals surface area contributed by atoms with Crippen molar-refractivity contribution in [3.05, 3.63) is 0 Å². The molecule has 0 saturated carbocycles. The molecule has 0 spiro atoms. The van der Waals surface area contributed by atoms with Gasteiger partial charge in [0.25, 0.3) is 5.91 Å². The minimum atomic E-state index is -1.47. The number of nitrogens with zero attached hydrogens (tertiary/aromatic N) is 1. The van der Waals surface area contributed by atoms with Crippen LogP contribution >= 0.6 is 0 Å². The Hall–Kier alpha value is -0.720. The third-order valence-electron chi connectivity index (χ3n) is 4.12. The van der Waals surface area contributed by atoms with Crippen molar-refractivity contribution in [1.29, 1.82) is 0 Å². The number of carbonyl (C=O) groups excluding carboxylic acids is 1. The van der Waals surface area contributed by atoms with Gasteiger partial charge in [0.05, 0.1) is 5.60 Å². The first kappa shape index (κ1) is 13.7. The van der Waals surface area contributed by atoms with Gasteiger partial charge in [0.1, 0.15) is 0 Å². The highest BCUT2D eigenvalue weighted by Crippen LogP contribution is 2.31. The molecular formula is C12H22FN3O2. The van der Waals surface area contributed by atoms with Gasteiger partial charge in [-0.25, -0.2) is 4.39 Å². The molecule has 104 valence electrons. The number of carbonyl (C=O) groups is 1. The van der Waals surface area contributed by atoms with E-state index in [0.717, 1.165) is 12.8 Å². The summed E-state index contributed by atoms with van der Waals surface area (Å²) in [4.78, 5) is 13.3. The molecule has 5 nitrogen and oxygen atoms in total. The summed E-state index contributed by atoms with van der Waals surface area (Å²) in [7, 11) is 0. The van der Waals surface area contributed by atoms with E-state index < -0.39 is 17.7 Å². The lowest BCUT2D eigenvalue weighted by molar-refractivity contribution is -0.141. The standard InChI is InChI=1S/C12H22FN3O2/c13-10(1-4-14)11(17)16-5-2-9(3-6-16)12(18)7-15-8-12/h9-10,15,18H,1-8,14H2. The zero-order chi connectivity index (χ0) is 13.2. The highest BCUT2D eigenvalue weighted by atomic mass is 19.1. The molecule has 4 N–H and O–H groups in total. The molecule has 1 atom stereocenters. The minimum Gasteiger partial charge on any atom is -0.387 e. The van der Waals surface area contributed by atoms with E-state index in [1.807, 2.05) is 0 Å². The molecule has 1 amide bonds. The summed E-state index contributed by atoms with van der Waals surface area (Å²) in [6, 6.07) is 0. The molecule has 0 aliphatic carbocycles. The first-order valence-electron chi connectivity index (χ1n) is 6.63. The summed E-state index contributed by atoms with van der Waals surface area (Å²) in [6.45, 7) is 2.53. The summed E-state index contributed by atoms with van der Waals surface area (Å²) < 4.78 is 13.5. The van der Waals surface area contributed by atoms with Gasteiger partial charge >= 0.3 is 0 Å². The average Bonchev–Trinajstić information content (AvgIpc) is 2.35. The van der Waals surface area contributed by atoms with Crippen LogP contribution in [0.25, 0.3) is 0 Å². The van der Waals surface area contributed by atoms with E-state index in [1.165, 1.54) is 0 Å². The van der Waals surface area contributed by atoms with E-state index in [1.54, 1.807) is 4.90 Å². The third-order valence-corrected chi connectivity index (χ3v) is 4.12. The van der Waals surface area contributed by atoms with Crippen molar-refractivity contribution in [2.45, 2.75) is 31.0 Å². The molecule has 2 saturated heterocycles. The van der Waals surface area contributed by atoms with Crippen LogP contribution < -0.4 is 11.1 Å². The van der Waals surface area contributed by atoms with Crippen molar-refractivity contribution < 1.29 is 14.3 Å². The van der Waals surface area contributed by atoms with Gasteiger partial charge in [-0.05, 0) is 31.7 Å². The fourth-order valence-electron chi connectivity index (χ4n) is 2.77. The van der Waals surface area contributed by atoms with Crippen LogP contribution in [-0.4, -0.2) is 60.4 Å². The number of amides is 1. The van der Waals surface area contributed by atoms with Crippen molar-refractivity contribution in [3.63, 3.8) is 0 Å². The average molecular weight is 259 g/mol. The van der Waals surface area contributed by atoms with E-state index in [-0.39, 0.29) is 18.9 Å². The summed E-state index contributed by atoms with van der Waals surface area (Å²) >= 11 is 0. The van der Waals surface area contributed by atoms with Gasteiger partial charge in [0.2, 0.25) is 0 Å². The highest BCUT2D eigenvalue weighted by molar-refractivity contribution is 5.80. The molecule has 2 aliphatic heterocycles. The Kier molecular flexibility index (Phi) is 4.19. The van der Waals surface area contributed by atoms with Crippen LogP contribution in [0, 0.1) is 5.92 Å². The molecular weight excluding hydrogens is 237 g/mol. The number of alkyl halides is 1. The Balaban J connectivity index is 1.81. The molecule has 0 aromatic heterocycles. The van der Waals surface area contributed by atoms with Crippen molar-refractivity contribution >= 4 is 5.91 Å². The number of likely N-dealkylation sites (tertiary alicyclic amines) is 1. The molecule has 2 aliphatic rings. The second-order valence-electron chi connectivity index (χ2n) is 5.35. The third kappa shape index (κ3) is 2.65. The topological polar surface area (TPSA) is 78.6 Å². The fraction of sp³-hybridized carbons (Fsp3) is 0.917. The van der Waals surface area contributed by atoms with Crippen molar-refractivity contribution in [1.82, 2.24) is 10.2 Å². The predicted octanol–water partition coefficient (Wildman–Crippen LogP) is -0.754. The lowest BCUT2D eigenvalue weighted by atomic mass is 9.76. The Labute approximate surface area is 107 Å².